The van der Waals surface area contributed by atoms with Crippen molar-refractivity contribution in [3.63, 3.8) is 0 Å². The van der Waals surface area contributed by atoms with Crippen LogP contribution in [0.25, 0.3) is 0 Å². The molecule has 0 spiro atoms. The smallest absolute Gasteiger partial charge is 0.311 e. The van der Waals surface area contributed by atoms with Crippen molar-refractivity contribution in [3.8, 4) is 0 Å². The molecule has 0 saturated heterocycles. The summed E-state index contributed by atoms with van der Waals surface area (Å²) in [6, 6.07) is 0. The van der Waals surface area contributed by atoms with Crippen molar-refractivity contribution in [2.75, 3.05) is 12.8 Å². The van der Waals surface area contributed by atoms with E-state index in [1.165, 1.54) is 7.05 Å². The van der Waals surface area contributed by atoms with Gasteiger partial charge in [-0.25, -0.2) is 0 Å². The van der Waals surface area contributed by atoms with Gasteiger partial charge in [-0.15, -0.1) is 0 Å². The van der Waals surface area contributed by atoms with Crippen LogP contribution in [0.1, 0.15) is 13.3 Å². The Labute approximate surface area is 72.1 Å². The summed E-state index contributed by atoms with van der Waals surface area (Å²) in [6.45, 7) is 1.75. The Bertz CT molecular complexity index is 222. The molecule has 66 valence electrons. The van der Waals surface area contributed by atoms with Crippen LogP contribution in [0, 0.1) is 0 Å². The zero-order valence-corrected chi connectivity index (χ0v) is 8.09. The third-order valence-electron chi connectivity index (χ3n) is 0.861. The second-order valence-corrected chi connectivity index (χ2v) is 3.94. The molecule has 0 aromatic carbocycles. The number of hydrogen-bond donors (Lipinski definition) is 1. The molecule has 4 nitrogen and oxygen atoms in total. The Hall–Kier alpha value is -0.360. The molecule has 1 N–H and O–H groups in total. The van der Waals surface area contributed by atoms with Crippen molar-refractivity contribution in [3.05, 3.63) is 0 Å². The highest BCUT2D eigenvalue weighted by Crippen LogP contribution is 1.95. The predicted molar refractivity (Wildman–Crippen MR) is 46.8 cm³/mol. The van der Waals surface area contributed by atoms with Gasteiger partial charge < -0.3 is 9.50 Å². The van der Waals surface area contributed by atoms with Gasteiger partial charge in [-0.05, 0) is 18.6 Å². The van der Waals surface area contributed by atoms with Crippen molar-refractivity contribution in [1.29, 1.82) is 0 Å². The molecule has 0 saturated carbocycles. The molecule has 0 amide bonds. The summed E-state index contributed by atoms with van der Waals surface area (Å²) in [7, 11) is -1.94. The lowest BCUT2D eigenvalue weighted by Crippen LogP contribution is -2.24. The first-order valence-corrected chi connectivity index (χ1v) is 5.14. The number of thiocarbonyl (C=S) groups is 1. The van der Waals surface area contributed by atoms with Crippen LogP contribution in [0.5, 0.6) is 0 Å². The fraction of sp³-hybridized carbons (Fsp3) is 0.800. The summed E-state index contributed by atoms with van der Waals surface area (Å²) >= 11 is 4.51. The van der Waals surface area contributed by atoms with Crippen molar-refractivity contribution in [1.82, 2.24) is 5.32 Å². The molecule has 0 aliphatic heterocycles. The highest BCUT2D eigenvalue weighted by molar-refractivity contribution is 7.88. The number of rotatable bonds is 3. The van der Waals surface area contributed by atoms with Crippen LogP contribution < -0.4 is 5.32 Å². The SMILES string of the molecule is CCCS(=O)(=O)OC(=S)NC. The zero-order chi connectivity index (χ0) is 8.91. The summed E-state index contributed by atoms with van der Waals surface area (Å²) in [4.78, 5) is 0. The Morgan fingerprint density at radius 1 is 1.64 bits per heavy atom. The Morgan fingerprint density at radius 3 is 2.55 bits per heavy atom. The van der Waals surface area contributed by atoms with Gasteiger partial charge in [-0.3, -0.25) is 0 Å². The lowest BCUT2D eigenvalue weighted by molar-refractivity contribution is 0.477. The largest absolute Gasteiger partial charge is 0.353 e. The Morgan fingerprint density at radius 2 is 2.18 bits per heavy atom. The second-order valence-electron chi connectivity index (χ2n) is 1.88. The zero-order valence-electron chi connectivity index (χ0n) is 6.46. The molecule has 0 unspecified atom stereocenters. The van der Waals surface area contributed by atoms with Crippen LogP contribution in [0.4, 0.5) is 0 Å². The van der Waals surface area contributed by atoms with Crippen LogP contribution in [0.3, 0.4) is 0 Å². The molecule has 0 aromatic rings. The maximum atomic E-state index is 10.9. The fourth-order valence-electron chi connectivity index (χ4n) is 0.449. The van der Waals surface area contributed by atoms with E-state index in [9.17, 15) is 8.42 Å². The van der Waals surface area contributed by atoms with E-state index in [0.29, 0.717) is 6.42 Å². The molecule has 0 bridgehead atoms. The predicted octanol–water partition coefficient (Wildman–Crippen LogP) is 0.247. The van der Waals surface area contributed by atoms with Crippen molar-refractivity contribution < 1.29 is 12.6 Å². The van der Waals surface area contributed by atoms with Gasteiger partial charge in [-0.2, -0.15) is 8.42 Å². The van der Waals surface area contributed by atoms with Crippen molar-refractivity contribution in [2.45, 2.75) is 13.3 Å². The first-order valence-electron chi connectivity index (χ1n) is 3.15. The summed E-state index contributed by atoms with van der Waals surface area (Å²) in [5.74, 6) is -0.00514. The number of hydrogen-bond acceptors (Lipinski definition) is 4. The van der Waals surface area contributed by atoms with Crippen molar-refractivity contribution >= 4 is 27.5 Å². The molecule has 0 aliphatic rings. The van der Waals surface area contributed by atoms with Gasteiger partial charge >= 0.3 is 10.1 Å². The molecule has 0 radical (unpaired) electrons. The maximum absolute atomic E-state index is 10.9. The molecule has 0 atom stereocenters. The Balaban J connectivity index is 4.03. The van der Waals surface area contributed by atoms with E-state index in [4.69, 9.17) is 0 Å². The quantitative estimate of drug-likeness (QED) is 0.519. The topological polar surface area (TPSA) is 55.4 Å². The van der Waals surface area contributed by atoms with E-state index in [2.05, 4.69) is 21.7 Å². The van der Waals surface area contributed by atoms with Crippen molar-refractivity contribution in [2.24, 2.45) is 0 Å². The summed E-state index contributed by atoms with van der Waals surface area (Å²) < 4.78 is 26.1. The molecule has 0 heterocycles. The lowest BCUT2D eigenvalue weighted by atomic mass is 10.6. The molecule has 0 aromatic heterocycles. The lowest BCUT2D eigenvalue weighted by Gasteiger charge is -2.04. The van der Waals surface area contributed by atoms with Crippen LogP contribution in [0.2, 0.25) is 0 Å². The van der Waals surface area contributed by atoms with E-state index in [0.717, 1.165) is 0 Å². The van der Waals surface area contributed by atoms with Crippen LogP contribution in [-0.2, 0) is 14.3 Å². The van der Waals surface area contributed by atoms with Crippen LogP contribution in [-0.4, -0.2) is 26.4 Å². The average Bonchev–Trinajstić information content (AvgIpc) is 1.86. The summed E-state index contributed by atoms with van der Waals surface area (Å²) in [5, 5.41) is 2.30. The first-order chi connectivity index (χ1) is 5.02. The monoisotopic (exact) mass is 197 g/mol. The van der Waals surface area contributed by atoms with E-state index in [-0.39, 0.29) is 10.9 Å². The van der Waals surface area contributed by atoms with Gasteiger partial charge in [0.15, 0.2) is 0 Å². The molecular formula is C5H11NO3S2. The first kappa shape index (κ1) is 10.6. The minimum absolute atomic E-state index is 0.00514. The third kappa shape index (κ3) is 4.97. The standard InChI is InChI=1S/C5H11NO3S2/c1-3-4-11(7,8)9-5(10)6-2/h3-4H2,1-2H3,(H,6,10). The fourth-order valence-corrected chi connectivity index (χ4v) is 1.66. The molecular weight excluding hydrogens is 186 g/mol. The molecule has 0 rings (SSSR count). The van der Waals surface area contributed by atoms with Crippen LogP contribution in [0.15, 0.2) is 0 Å². The van der Waals surface area contributed by atoms with Gasteiger partial charge in [0.05, 0.1) is 5.75 Å². The Kier molecular flexibility index (Phi) is 4.36. The minimum atomic E-state index is -3.45. The van der Waals surface area contributed by atoms with E-state index in [1.54, 1.807) is 6.92 Å². The molecule has 11 heavy (non-hydrogen) atoms. The summed E-state index contributed by atoms with van der Waals surface area (Å²) in [6.07, 6.45) is 0.522. The molecule has 6 heteroatoms. The number of nitrogens with one attached hydrogen (secondary N) is 1. The molecule has 0 aliphatic carbocycles. The maximum Gasteiger partial charge on any atom is 0.311 e. The molecule has 0 fully saturated rings. The van der Waals surface area contributed by atoms with Gasteiger partial charge in [-0.1, -0.05) is 6.92 Å². The van der Waals surface area contributed by atoms with Gasteiger partial charge in [0, 0.05) is 7.05 Å². The second kappa shape index (κ2) is 4.50. The van der Waals surface area contributed by atoms with E-state index >= 15 is 0 Å². The van der Waals surface area contributed by atoms with E-state index in [1.807, 2.05) is 0 Å². The normalized spacial score (nSPS) is 10.7. The highest BCUT2D eigenvalue weighted by atomic mass is 32.2. The van der Waals surface area contributed by atoms with Gasteiger partial charge in [0.25, 0.3) is 5.17 Å². The van der Waals surface area contributed by atoms with Gasteiger partial charge in [0.1, 0.15) is 0 Å². The van der Waals surface area contributed by atoms with Crippen LogP contribution >= 0.6 is 12.2 Å². The van der Waals surface area contributed by atoms with Gasteiger partial charge in [0.2, 0.25) is 0 Å². The minimum Gasteiger partial charge on any atom is -0.353 e. The third-order valence-corrected chi connectivity index (χ3v) is 2.58. The highest BCUT2D eigenvalue weighted by Gasteiger charge is 2.11. The average molecular weight is 197 g/mol. The summed E-state index contributed by atoms with van der Waals surface area (Å²) in [5.41, 5.74) is 0. The van der Waals surface area contributed by atoms with E-state index < -0.39 is 10.1 Å².